The third kappa shape index (κ3) is 5.80. The van der Waals surface area contributed by atoms with Crippen molar-refractivity contribution in [1.82, 2.24) is 0 Å². The van der Waals surface area contributed by atoms with Crippen LogP contribution in [0.15, 0.2) is 54.6 Å². The summed E-state index contributed by atoms with van der Waals surface area (Å²) < 4.78 is 11.2. The van der Waals surface area contributed by atoms with Crippen LogP contribution in [0.1, 0.15) is 39.2 Å². The molecule has 2 aromatic rings. The van der Waals surface area contributed by atoms with Crippen LogP contribution in [0, 0.1) is 6.92 Å². The maximum atomic E-state index is 12.7. The van der Waals surface area contributed by atoms with Gasteiger partial charge in [0.25, 0.3) is 0 Å². The molecule has 0 N–H and O–H groups in total. The summed E-state index contributed by atoms with van der Waals surface area (Å²) in [6.07, 6.45) is 1.44. The van der Waals surface area contributed by atoms with Crippen LogP contribution in [0.3, 0.4) is 0 Å². The Labute approximate surface area is 156 Å². The van der Waals surface area contributed by atoms with Crippen molar-refractivity contribution < 1.29 is 14.3 Å². The molecule has 0 heterocycles. The number of rotatable bonds is 9. The van der Waals surface area contributed by atoms with Gasteiger partial charge in [-0.15, -0.1) is 0 Å². The van der Waals surface area contributed by atoms with E-state index in [0.717, 1.165) is 25.1 Å². The van der Waals surface area contributed by atoms with Crippen LogP contribution < -0.4 is 9.64 Å². The molecule has 0 radical (unpaired) electrons. The van der Waals surface area contributed by atoms with E-state index in [9.17, 15) is 4.79 Å². The van der Waals surface area contributed by atoms with Crippen LogP contribution in [-0.2, 0) is 9.53 Å². The molecule has 4 heteroatoms. The molecule has 0 aliphatic rings. The van der Waals surface area contributed by atoms with Crippen molar-refractivity contribution in [2.75, 3.05) is 11.4 Å². The number of unbranched alkanes of at least 4 members (excludes halogenated alkanes) is 1. The van der Waals surface area contributed by atoms with E-state index in [-0.39, 0.29) is 12.0 Å². The Balaban J connectivity index is 2.04. The first kappa shape index (κ1) is 19.8. The van der Waals surface area contributed by atoms with Gasteiger partial charge >= 0.3 is 5.97 Å². The maximum absolute atomic E-state index is 12.7. The van der Waals surface area contributed by atoms with Crippen molar-refractivity contribution in [3.8, 4) is 5.75 Å². The average molecular weight is 355 g/mol. The van der Waals surface area contributed by atoms with Crippen molar-refractivity contribution in [3.63, 3.8) is 0 Å². The number of carbonyl (C=O) groups excluding carboxylic acids is 1. The number of hydrogen-bond donors (Lipinski definition) is 0. The summed E-state index contributed by atoms with van der Waals surface area (Å²) in [4.78, 5) is 14.8. The molecule has 0 aromatic heterocycles. The van der Waals surface area contributed by atoms with E-state index in [1.54, 1.807) is 6.92 Å². The van der Waals surface area contributed by atoms with Gasteiger partial charge < -0.3 is 14.4 Å². The molecule has 0 saturated heterocycles. The molecule has 0 fully saturated rings. The number of carbonyl (C=O) groups is 1. The minimum atomic E-state index is -0.641. The van der Waals surface area contributed by atoms with Gasteiger partial charge in [-0.25, -0.2) is 4.79 Å². The molecule has 0 bridgehead atoms. The lowest BCUT2D eigenvalue weighted by Crippen LogP contribution is -2.42. The Morgan fingerprint density at radius 3 is 2.46 bits per heavy atom. The fraction of sp³-hybridized carbons (Fsp3) is 0.409. The number of hydrogen-bond acceptors (Lipinski definition) is 4. The number of para-hydroxylation sites is 1. The zero-order valence-electron chi connectivity index (χ0n) is 16.1. The molecule has 0 spiro atoms. The molecule has 0 amide bonds. The highest BCUT2D eigenvalue weighted by Gasteiger charge is 2.25. The minimum absolute atomic E-state index is 0.286. The summed E-state index contributed by atoms with van der Waals surface area (Å²) in [6.45, 7) is 8.63. The number of esters is 1. The summed E-state index contributed by atoms with van der Waals surface area (Å²) in [5, 5.41) is 0. The van der Waals surface area contributed by atoms with E-state index in [1.807, 2.05) is 49.4 Å². The van der Waals surface area contributed by atoms with Gasteiger partial charge in [0.2, 0.25) is 6.29 Å². The predicted molar refractivity (Wildman–Crippen MR) is 106 cm³/mol. The Bertz CT molecular complexity index is 687. The smallest absolute Gasteiger partial charge is 0.331 e. The van der Waals surface area contributed by atoms with Crippen LogP contribution in [0.2, 0.25) is 0 Å². The number of nitrogens with zero attached hydrogens (tertiary/aromatic N) is 1. The van der Waals surface area contributed by atoms with E-state index >= 15 is 0 Å². The molecule has 0 saturated carbocycles. The molecular formula is C22H29NO3. The summed E-state index contributed by atoms with van der Waals surface area (Å²) in [7, 11) is 0. The third-order valence-electron chi connectivity index (χ3n) is 4.22. The van der Waals surface area contributed by atoms with E-state index in [2.05, 4.69) is 30.9 Å². The van der Waals surface area contributed by atoms with E-state index in [0.29, 0.717) is 5.75 Å². The van der Waals surface area contributed by atoms with Gasteiger partial charge in [-0.3, -0.25) is 0 Å². The fourth-order valence-electron chi connectivity index (χ4n) is 2.79. The quantitative estimate of drug-likeness (QED) is 0.471. The van der Waals surface area contributed by atoms with Gasteiger partial charge in [-0.05, 0) is 50.1 Å². The second kappa shape index (κ2) is 9.85. The topological polar surface area (TPSA) is 38.8 Å². The molecule has 2 rings (SSSR count). The first-order chi connectivity index (χ1) is 12.5. The minimum Gasteiger partial charge on any atom is -0.455 e. The van der Waals surface area contributed by atoms with Crippen molar-refractivity contribution in [2.24, 2.45) is 0 Å². The van der Waals surface area contributed by atoms with Crippen LogP contribution in [0.5, 0.6) is 5.75 Å². The van der Waals surface area contributed by atoms with E-state index < -0.39 is 6.29 Å². The number of benzene rings is 2. The van der Waals surface area contributed by atoms with Crippen molar-refractivity contribution in [2.45, 2.75) is 52.9 Å². The Kier molecular flexibility index (Phi) is 7.52. The molecule has 2 aromatic carbocycles. The second-order valence-electron chi connectivity index (χ2n) is 6.50. The Hall–Kier alpha value is -2.49. The highest BCUT2D eigenvalue weighted by molar-refractivity contribution is 5.79. The zero-order chi connectivity index (χ0) is 18.9. The molecule has 140 valence electrons. The largest absolute Gasteiger partial charge is 0.455 e. The first-order valence-corrected chi connectivity index (χ1v) is 9.26. The zero-order valence-corrected chi connectivity index (χ0v) is 16.1. The standard InChI is InChI=1S/C22H29NO3/c1-5-6-15-23(20-12-10-11-17(2)16-20)18(3)22(24)26-19(4)25-21-13-8-7-9-14-21/h7-14,16,18-19H,5-6,15H2,1-4H3. The van der Waals surface area contributed by atoms with Gasteiger partial charge in [0, 0.05) is 19.2 Å². The van der Waals surface area contributed by atoms with E-state index in [4.69, 9.17) is 9.47 Å². The lowest BCUT2D eigenvalue weighted by Gasteiger charge is -2.31. The summed E-state index contributed by atoms with van der Waals surface area (Å²) in [5.74, 6) is 0.396. The maximum Gasteiger partial charge on any atom is 0.331 e. The van der Waals surface area contributed by atoms with Crippen LogP contribution in [-0.4, -0.2) is 24.8 Å². The molecule has 2 atom stereocenters. The predicted octanol–water partition coefficient (Wildman–Crippen LogP) is 4.96. The molecule has 0 aliphatic heterocycles. The van der Waals surface area contributed by atoms with Crippen LogP contribution in [0.4, 0.5) is 5.69 Å². The van der Waals surface area contributed by atoms with Crippen molar-refractivity contribution in [3.05, 3.63) is 60.2 Å². The molecular weight excluding hydrogens is 326 g/mol. The monoisotopic (exact) mass is 355 g/mol. The number of aryl methyl sites for hydroxylation is 1. The summed E-state index contributed by atoms with van der Waals surface area (Å²) >= 11 is 0. The first-order valence-electron chi connectivity index (χ1n) is 9.26. The average Bonchev–Trinajstić information content (AvgIpc) is 2.62. The van der Waals surface area contributed by atoms with Crippen molar-refractivity contribution >= 4 is 11.7 Å². The molecule has 0 aliphatic carbocycles. The second-order valence-corrected chi connectivity index (χ2v) is 6.50. The Morgan fingerprint density at radius 2 is 1.81 bits per heavy atom. The normalized spacial score (nSPS) is 12.9. The fourth-order valence-corrected chi connectivity index (χ4v) is 2.79. The Morgan fingerprint density at radius 1 is 1.08 bits per heavy atom. The molecule has 26 heavy (non-hydrogen) atoms. The van der Waals surface area contributed by atoms with E-state index in [1.165, 1.54) is 5.56 Å². The van der Waals surface area contributed by atoms with Gasteiger partial charge in [0.05, 0.1) is 0 Å². The lowest BCUT2D eigenvalue weighted by molar-refractivity contribution is -0.162. The van der Waals surface area contributed by atoms with Crippen LogP contribution >= 0.6 is 0 Å². The highest BCUT2D eigenvalue weighted by atomic mass is 16.7. The number of ether oxygens (including phenoxy) is 2. The SMILES string of the molecule is CCCCN(c1cccc(C)c1)C(C)C(=O)OC(C)Oc1ccccc1. The number of anilines is 1. The van der Waals surface area contributed by atoms with Crippen LogP contribution in [0.25, 0.3) is 0 Å². The molecule has 4 nitrogen and oxygen atoms in total. The summed E-state index contributed by atoms with van der Waals surface area (Å²) in [6, 6.07) is 17.2. The van der Waals surface area contributed by atoms with Gasteiger partial charge in [0.1, 0.15) is 11.8 Å². The molecule has 2 unspecified atom stereocenters. The van der Waals surface area contributed by atoms with Crippen molar-refractivity contribution in [1.29, 1.82) is 0 Å². The summed E-state index contributed by atoms with van der Waals surface area (Å²) in [5.41, 5.74) is 2.21. The van der Waals surface area contributed by atoms with Gasteiger partial charge in [-0.2, -0.15) is 0 Å². The van der Waals surface area contributed by atoms with Gasteiger partial charge in [-0.1, -0.05) is 43.7 Å². The third-order valence-corrected chi connectivity index (χ3v) is 4.22. The van der Waals surface area contributed by atoms with Gasteiger partial charge in [0.15, 0.2) is 0 Å². The highest BCUT2D eigenvalue weighted by Crippen LogP contribution is 2.21. The lowest BCUT2D eigenvalue weighted by atomic mass is 10.1.